The molecule has 1 aromatic heterocycles. The summed E-state index contributed by atoms with van der Waals surface area (Å²) in [6, 6.07) is 6.46. The van der Waals surface area contributed by atoms with Gasteiger partial charge in [0, 0.05) is 42.5 Å². The first-order chi connectivity index (χ1) is 13.3. The Morgan fingerprint density at radius 1 is 1.18 bits per heavy atom. The van der Waals surface area contributed by atoms with Crippen LogP contribution < -0.4 is 10.3 Å². The van der Waals surface area contributed by atoms with Gasteiger partial charge in [-0.05, 0) is 49.4 Å². The minimum absolute atomic E-state index is 0.00132. The van der Waals surface area contributed by atoms with Crippen molar-refractivity contribution in [2.24, 2.45) is 5.92 Å². The van der Waals surface area contributed by atoms with Crippen LogP contribution in [0.4, 0.5) is 0 Å². The highest BCUT2D eigenvalue weighted by Crippen LogP contribution is 2.29. The number of hydrogen-bond acceptors (Lipinski definition) is 4. The highest BCUT2D eigenvalue weighted by Gasteiger charge is 2.35. The number of rotatable bonds is 5. The molecule has 2 fully saturated rings. The SMILES string of the molecule is Cc1cc(=O)[nH]c2ccc(S(=O)(=O)NCC3CC(=O)N(C4CCCC4)C3)cc12. The number of likely N-dealkylation sites (tertiary alicyclic amines) is 1. The molecule has 8 heteroatoms. The number of carbonyl (C=O) groups excluding carboxylic acids is 1. The van der Waals surface area contributed by atoms with E-state index < -0.39 is 10.0 Å². The molecule has 2 heterocycles. The van der Waals surface area contributed by atoms with Gasteiger partial charge in [0.05, 0.1) is 4.90 Å². The Hall–Kier alpha value is -2.19. The molecule has 28 heavy (non-hydrogen) atoms. The van der Waals surface area contributed by atoms with Gasteiger partial charge in [0.15, 0.2) is 0 Å². The number of benzene rings is 1. The lowest BCUT2D eigenvalue weighted by Gasteiger charge is -2.24. The number of aromatic nitrogens is 1. The lowest BCUT2D eigenvalue weighted by molar-refractivity contribution is -0.129. The zero-order valence-electron chi connectivity index (χ0n) is 15.9. The predicted molar refractivity (Wildman–Crippen MR) is 107 cm³/mol. The summed E-state index contributed by atoms with van der Waals surface area (Å²) < 4.78 is 28.2. The van der Waals surface area contributed by atoms with Crippen LogP contribution in [0.5, 0.6) is 0 Å². The number of nitrogens with zero attached hydrogens (tertiary/aromatic N) is 1. The lowest BCUT2D eigenvalue weighted by Crippen LogP contribution is -2.36. The van der Waals surface area contributed by atoms with E-state index in [4.69, 9.17) is 0 Å². The number of fused-ring (bicyclic) bond motifs is 1. The third kappa shape index (κ3) is 3.71. The topological polar surface area (TPSA) is 99.3 Å². The van der Waals surface area contributed by atoms with Crippen molar-refractivity contribution >= 4 is 26.8 Å². The molecule has 1 amide bonds. The summed E-state index contributed by atoms with van der Waals surface area (Å²) >= 11 is 0. The van der Waals surface area contributed by atoms with Crippen molar-refractivity contribution in [3.8, 4) is 0 Å². The molecule has 1 atom stereocenters. The zero-order valence-corrected chi connectivity index (χ0v) is 16.7. The van der Waals surface area contributed by atoms with Gasteiger partial charge in [-0.25, -0.2) is 13.1 Å². The largest absolute Gasteiger partial charge is 0.339 e. The summed E-state index contributed by atoms with van der Waals surface area (Å²) in [6.07, 6.45) is 4.85. The highest BCUT2D eigenvalue weighted by molar-refractivity contribution is 7.89. The highest BCUT2D eigenvalue weighted by atomic mass is 32.2. The van der Waals surface area contributed by atoms with Crippen LogP contribution in [0.25, 0.3) is 10.9 Å². The van der Waals surface area contributed by atoms with Gasteiger partial charge in [0.25, 0.3) is 0 Å². The van der Waals surface area contributed by atoms with E-state index in [0.29, 0.717) is 29.9 Å². The van der Waals surface area contributed by atoms with Crippen LogP contribution in [0.2, 0.25) is 0 Å². The molecule has 1 aliphatic heterocycles. The molecule has 0 radical (unpaired) electrons. The standard InChI is InChI=1S/C20H25N3O4S/c1-13-8-19(24)22-18-7-6-16(10-17(13)18)28(26,27)21-11-14-9-20(25)23(12-14)15-4-2-3-5-15/h6-8,10,14-15,21H,2-5,9,11-12H2,1H3,(H,22,24). The number of carbonyl (C=O) groups is 1. The van der Waals surface area contributed by atoms with Crippen molar-refractivity contribution in [1.29, 1.82) is 0 Å². The normalized spacial score (nSPS) is 21.1. The van der Waals surface area contributed by atoms with E-state index in [1.54, 1.807) is 19.1 Å². The lowest BCUT2D eigenvalue weighted by atomic mass is 10.1. The molecule has 2 aromatic rings. The molecule has 2 N–H and O–H groups in total. The van der Waals surface area contributed by atoms with E-state index in [2.05, 4.69) is 9.71 Å². The van der Waals surface area contributed by atoms with E-state index in [1.165, 1.54) is 25.0 Å². The van der Waals surface area contributed by atoms with E-state index in [9.17, 15) is 18.0 Å². The zero-order chi connectivity index (χ0) is 19.9. The van der Waals surface area contributed by atoms with E-state index in [0.717, 1.165) is 18.4 Å². The van der Waals surface area contributed by atoms with Gasteiger partial charge < -0.3 is 9.88 Å². The number of aryl methyl sites for hydroxylation is 1. The van der Waals surface area contributed by atoms with Crippen LogP contribution in [0.1, 0.15) is 37.7 Å². The summed E-state index contributed by atoms with van der Waals surface area (Å²) in [6.45, 7) is 2.66. The number of aromatic amines is 1. The van der Waals surface area contributed by atoms with E-state index in [-0.39, 0.29) is 28.8 Å². The van der Waals surface area contributed by atoms with Crippen LogP contribution in [0.3, 0.4) is 0 Å². The van der Waals surface area contributed by atoms with Crippen molar-refractivity contribution in [3.63, 3.8) is 0 Å². The Morgan fingerprint density at radius 3 is 2.68 bits per heavy atom. The predicted octanol–water partition coefficient (Wildman–Crippen LogP) is 1.91. The van der Waals surface area contributed by atoms with Crippen LogP contribution in [-0.2, 0) is 14.8 Å². The molecule has 0 bridgehead atoms. The number of sulfonamides is 1. The molecule has 1 unspecified atom stereocenters. The molecule has 7 nitrogen and oxygen atoms in total. The second kappa shape index (κ2) is 7.33. The molecule has 1 aliphatic carbocycles. The van der Waals surface area contributed by atoms with Crippen LogP contribution in [0.15, 0.2) is 34.0 Å². The first-order valence-corrected chi connectivity index (χ1v) is 11.2. The maximum atomic E-state index is 12.7. The Labute approximate surface area is 164 Å². The van der Waals surface area contributed by atoms with Gasteiger partial charge >= 0.3 is 0 Å². The average molecular weight is 404 g/mol. The summed E-state index contributed by atoms with van der Waals surface area (Å²) in [5.41, 5.74) is 1.12. The fourth-order valence-electron chi connectivity index (χ4n) is 4.39. The minimum atomic E-state index is -3.69. The second-order valence-corrected chi connectivity index (χ2v) is 9.70. The smallest absolute Gasteiger partial charge is 0.248 e. The summed E-state index contributed by atoms with van der Waals surface area (Å²) in [4.78, 5) is 28.7. The molecular weight excluding hydrogens is 378 g/mol. The fourth-order valence-corrected chi connectivity index (χ4v) is 5.54. The second-order valence-electron chi connectivity index (χ2n) is 7.93. The monoisotopic (exact) mass is 403 g/mol. The van der Waals surface area contributed by atoms with Crippen molar-refractivity contribution in [3.05, 3.63) is 40.2 Å². The quantitative estimate of drug-likeness (QED) is 0.796. The number of amides is 1. The maximum absolute atomic E-state index is 12.7. The number of H-pyrrole nitrogens is 1. The Balaban J connectivity index is 1.47. The Kier molecular flexibility index (Phi) is 5.01. The van der Waals surface area contributed by atoms with Crippen molar-refractivity contribution < 1.29 is 13.2 Å². The average Bonchev–Trinajstić information content (AvgIpc) is 3.29. The minimum Gasteiger partial charge on any atom is -0.339 e. The number of pyridine rings is 1. The molecule has 1 saturated carbocycles. The van der Waals surface area contributed by atoms with Gasteiger partial charge in [0.1, 0.15) is 0 Å². The van der Waals surface area contributed by atoms with Gasteiger partial charge in [0.2, 0.25) is 21.5 Å². The molecular formula is C20H25N3O4S. The van der Waals surface area contributed by atoms with Gasteiger partial charge in [-0.1, -0.05) is 12.8 Å². The first-order valence-electron chi connectivity index (χ1n) is 9.76. The van der Waals surface area contributed by atoms with Crippen LogP contribution in [-0.4, -0.2) is 43.3 Å². The summed E-state index contributed by atoms with van der Waals surface area (Å²) in [7, 11) is -3.69. The van der Waals surface area contributed by atoms with E-state index >= 15 is 0 Å². The molecule has 2 aliphatic rings. The third-order valence-corrected chi connectivity index (χ3v) is 7.32. The van der Waals surface area contributed by atoms with Crippen LogP contribution >= 0.6 is 0 Å². The van der Waals surface area contributed by atoms with Crippen molar-refractivity contribution in [2.45, 2.75) is 50.0 Å². The number of nitrogens with one attached hydrogen (secondary N) is 2. The molecule has 4 rings (SSSR count). The molecule has 0 spiro atoms. The molecule has 1 saturated heterocycles. The summed E-state index contributed by atoms with van der Waals surface area (Å²) in [5, 5.41) is 0.700. The number of hydrogen-bond donors (Lipinski definition) is 2. The fraction of sp³-hybridized carbons (Fsp3) is 0.500. The van der Waals surface area contributed by atoms with Crippen molar-refractivity contribution in [2.75, 3.05) is 13.1 Å². The van der Waals surface area contributed by atoms with Gasteiger partial charge in [-0.2, -0.15) is 0 Å². The van der Waals surface area contributed by atoms with Gasteiger partial charge in [-0.3, -0.25) is 9.59 Å². The van der Waals surface area contributed by atoms with Crippen LogP contribution in [0, 0.1) is 12.8 Å². The Bertz CT molecular complexity index is 1070. The third-order valence-electron chi connectivity index (χ3n) is 5.90. The first kappa shape index (κ1) is 19.1. The van der Waals surface area contributed by atoms with E-state index in [1.807, 2.05) is 4.90 Å². The molecule has 1 aromatic carbocycles. The van der Waals surface area contributed by atoms with Crippen molar-refractivity contribution in [1.82, 2.24) is 14.6 Å². The van der Waals surface area contributed by atoms with Gasteiger partial charge in [-0.15, -0.1) is 0 Å². The molecule has 150 valence electrons. The summed E-state index contributed by atoms with van der Waals surface area (Å²) in [5.74, 6) is 0.141. The maximum Gasteiger partial charge on any atom is 0.248 e. The Morgan fingerprint density at radius 2 is 1.93 bits per heavy atom.